The Morgan fingerprint density at radius 3 is 1.28 bits per heavy atom. The fourth-order valence-electron chi connectivity index (χ4n) is 7.15. The minimum atomic E-state index is 1.11. The Kier molecular flexibility index (Phi) is 7.53. The van der Waals surface area contributed by atoms with E-state index in [0.29, 0.717) is 0 Å². The van der Waals surface area contributed by atoms with E-state index in [1.54, 1.807) is 0 Å². The number of hydrogen-bond acceptors (Lipinski definition) is 1. The van der Waals surface area contributed by atoms with Crippen LogP contribution in [-0.2, 0) is 0 Å². The minimum absolute atomic E-state index is 1.11. The first-order valence-corrected chi connectivity index (χ1v) is 17.1. The molecule has 1 heterocycles. The van der Waals surface area contributed by atoms with Crippen LogP contribution in [0.15, 0.2) is 206 Å². The second-order valence-electron chi connectivity index (χ2n) is 12.6. The van der Waals surface area contributed by atoms with Crippen LogP contribution in [0, 0.1) is 0 Å². The third-order valence-corrected chi connectivity index (χ3v) is 9.57. The highest BCUT2D eigenvalue weighted by atomic mass is 15.1. The molecule has 0 radical (unpaired) electrons. The molecular formula is C48H34N2. The number of anilines is 3. The summed E-state index contributed by atoms with van der Waals surface area (Å²) in [5.74, 6) is 0. The highest BCUT2D eigenvalue weighted by molar-refractivity contribution is 6.11. The number of fused-ring (bicyclic) bond motifs is 3. The van der Waals surface area contributed by atoms with Gasteiger partial charge in [0.2, 0.25) is 0 Å². The number of hydrogen-bond donors (Lipinski definition) is 0. The third kappa shape index (κ3) is 5.43. The van der Waals surface area contributed by atoms with E-state index in [1.807, 2.05) is 0 Å². The van der Waals surface area contributed by atoms with Gasteiger partial charge in [-0.1, -0.05) is 133 Å². The third-order valence-electron chi connectivity index (χ3n) is 9.57. The summed E-state index contributed by atoms with van der Waals surface area (Å²) in [6.07, 6.45) is 0. The van der Waals surface area contributed by atoms with Gasteiger partial charge in [-0.3, -0.25) is 0 Å². The summed E-state index contributed by atoms with van der Waals surface area (Å²) in [7, 11) is 0. The average molecular weight is 639 g/mol. The zero-order valence-corrected chi connectivity index (χ0v) is 27.5. The van der Waals surface area contributed by atoms with Crippen molar-refractivity contribution in [2.75, 3.05) is 4.90 Å². The lowest BCUT2D eigenvalue weighted by Gasteiger charge is -2.26. The molecule has 0 N–H and O–H groups in total. The molecule has 236 valence electrons. The normalized spacial score (nSPS) is 11.2. The van der Waals surface area contributed by atoms with Gasteiger partial charge in [0, 0.05) is 33.5 Å². The molecule has 0 spiro atoms. The van der Waals surface area contributed by atoms with E-state index in [9.17, 15) is 0 Å². The highest BCUT2D eigenvalue weighted by Crippen LogP contribution is 2.40. The van der Waals surface area contributed by atoms with Crippen molar-refractivity contribution < 1.29 is 0 Å². The summed E-state index contributed by atoms with van der Waals surface area (Å²) >= 11 is 0. The maximum absolute atomic E-state index is 2.38. The Hall–Kier alpha value is -6.64. The summed E-state index contributed by atoms with van der Waals surface area (Å²) in [5, 5.41) is 2.48. The van der Waals surface area contributed by atoms with Crippen molar-refractivity contribution >= 4 is 38.9 Å². The van der Waals surface area contributed by atoms with Gasteiger partial charge in [-0.05, 0) is 106 Å². The van der Waals surface area contributed by atoms with Crippen LogP contribution in [0.25, 0.3) is 60.9 Å². The number of nitrogens with zero attached hydrogens (tertiary/aromatic N) is 2. The molecule has 0 atom stereocenters. The minimum Gasteiger partial charge on any atom is -0.310 e. The second kappa shape index (κ2) is 12.8. The summed E-state index contributed by atoms with van der Waals surface area (Å²) in [6.45, 7) is 0. The second-order valence-corrected chi connectivity index (χ2v) is 12.6. The van der Waals surface area contributed by atoms with Crippen LogP contribution >= 0.6 is 0 Å². The zero-order valence-electron chi connectivity index (χ0n) is 27.5. The topological polar surface area (TPSA) is 8.17 Å². The molecule has 0 fully saturated rings. The molecule has 0 saturated heterocycles. The Morgan fingerprint density at radius 1 is 0.280 bits per heavy atom. The Morgan fingerprint density at radius 2 is 0.680 bits per heavy atom. The Bertz CT molecular complexity index is 2550. The molecule has 2 heteroatoms. The molecule has 0 aliphatic rings. The van der Waals surface area contributed by atoms with Crippen LogP contribution in [0.1, 0.15) is 0 Å². The van der Waals surface area contributed by atoms with E-state index in [1.165, 1.54) is 55.2 Å². The van der Waals surface area contributed by atoms with Gasteiger partial charge < -0.3 is 9.47 Å². The Balaban J connectivity index is 1.17. The summed E-state index contributed by atoms with van der Waals surface area (Å²) < 4.78 is 2.38. The lowest BCUT2D eigenvalue weighted by molar-refractivity contribution is 1.18. The number of para-hydroxylation sites is 2. The zero-order chi connectivity index (χ0) is 33.3. The average Bonchev–Trinajstić information content (AvgIpc) is 3.53. The van der Waals surface area contributed by atoms with Crippen LogP contribution in [0.3, 0.4) is 0 Å². The van der Waals surface area contributed by atoms with Gasteiger partial charge in [0.05, 0.1) is 11.0 Å². The number of rotatable bonds is 7. The molecule has 0 saturated carbocycles. The number of benzene rings is 8. The van der Waals surface area contributed by atoms with Crippen molar-refractivity contribution in [2.45, 2.75) is 0 Å². The van der Waals surface area contributed by atoms with Crippen LogP contribution in [0.4, 0.5) is 17.1 Å². The van der Waals surface area contributed by atoms with Crippen molar-refractivity contribution in [3.63, 3.8) is 0 Å². The lowest BCUT2D eigenvalue weighted by Crippen LogP contribution is -2.09. The molecule has 0 aliphatic heterocycles. The fourth-order valence-corrected chi connectivity index (χ4v) is 7.15. The van der Waals surface area contributed by atoms with E-state index < -0.39 is 0 Å². The summed E-state index contributed by atoms with van der Waals surface area (Å²) in [6, 6.07) is 74.0. The van der Waals surface area contributed by atoms with Gasteiger partial charge in [-0.25, -0.2) is 0 Å². The molecule has 50 heavy (non-hydrogen) atoms. The van der Waals surface area contributed by atoms with Crippen molar-refractivity contribution in [3.05, 3.63) is 206 Å². The van der Waals surface area contributed by atoms with Crippen LogP contribution < -0.4 is 4.90 Å². The molecule has 9 aromatic rings. The van der Waals surface area contributed by atoms with Gasteiger partial charge in [0.15, 0.2) is 0 Å². The monoisotopic (exact) mass is 638 g/mol. The van der Waals surface area contributed by atoms with Crippen LogP contribution in [0.2, 0.25) is 0 Å². The molecule has 2 nitrogen and oxygen atoms in total. The largest absolute Gasteiger partial charge is 0.310 e. The van der Waals surface area contributed by atoms with Gasteiger partial charge >= 0.3 is 0 Å². The SMILES string of the molecule is c1ccc(-c2ccc(N(c3ccccc3)c3cccc(-c4ccc5c(c4)c4cc(-c6ccccc6)ccc4n5-c4ccccc4)c3)cc2)cc1. The molecular weight excluding hydrogens is 605 g/mol. The molecule has 9 rings (SSSR count). The number of aromatic nitrogens is 1. The van der Waals surface area contributed by atoms with Crippen LogP contribution in [-0.4, -0.2) is 4.57 Å². The molecule has 0 unspecified atom stereocenters. The van der Waals surface area contributed by atoms with Gasteiger partial charge in [0.25, 0.3) is 0 Å². The first kappa shape index (κ1) is 29.5. The molecule has 0 amide bonds. The van der Waals surface area contributed by atoms with E-state index >= 15 is 0 Å². The van der Waals surface area contributed by atoms with Gasteiger partial charge in [-0.15, -0.1) is 0 Å². The summed E-state index contributed by atoms with van der Waals surface area (Å²) in [4.78, 5) is 2.34. The smallest absolute Gasteiger partial charge is 0.0541 e. The molecule has 8 aromatic carbocycles. The van der Waals surface area contributed by atoms with Crippen LogP contribution in [0.5, 0.6) is 0 Å². The first-order chi connectivity index (χ1) is 24.8. The van der Waals surface area contributed by atoms with Gasteiger partial charge in [-0.2, -0.15) is 0 Å². The van der Waals surface area contributed by atoms with Crippen molar-refractivity contribution in [1.29, 1.82) is 0 Å². The standard InChI is InChI=1S/C48H34N2/c1-5-14-35(15-6-1)37-24-28-43(29-25-37)49(41-19-9-3-10-20-41)44-23-13-18-38(32-44)40-27-31-48-46(34-40)45-33-39(36-16-7-2-8-17-36)26-30-47(45)50(48)42-21-11-4-12-22-42/h1-34H. The van der Waals surface area contributed by atoms with E-state index in [-0.39, 0.29) is 0 Å². The van der Waals surface area contributed by atoms with E-state index in [4.69, 9.17) is 0 Å². The highest BCUT2D eigenvalue weighted by Gasteiger charge is 2.17. The van der Waals surface area contributed by atoms with E-state index in [2.05, 4.69) is 216 Å². The van der Waals surface area contributed by atoms with E-state index in [0.717, 1.165) is 22.7 Å². The lowest BCUT2D eigenvalue weighted by atomic mass is 9.99. The Labute approximate surface area is 292 Å². The maximum Gasteiger partial charge on any atom is 0.0541 e. The molecule has 0 bridgehead atoms. The summed E-state index contributed by atoms with van der Waals surface area (Å²) in [5.41, 5.74) is 14.1. The van der Waals surface area contributed by atoms with Crippen molar-refractivity contribution in [1.82, 2.24) is 4.57 Å². The molecule has 0 aliphatic carbocycles. The van der Waals surface area contributed by atoms with Crippen molar-refractivity contribution in [2.24, 2.45) is 0 Å². The van der Waals surface area contributed by atoms with Crippen molar-refractivity contribution in [3.8, 4) is 39.1 Å². The molecule has 1 aromatic heterocycles. The maximum atomic E-state index is 2.38. The predicted molar refractivity (Wildman–Crippen MR) is 212 cm³/mol. The predicted octanol–water partition coefficient (Wildman–Crippen LogP) is 13.3. The fraction of sp³-hybridized carbons (Fsp3) is 0. The quantitative estimate of drug-likeness (QED) is 0.169. The first-order valence-electron chi connectivity index (χ1n) is 17.1. The van der Waals surface area contributed by atoms with Gasteiger partial charge in [0.1, 0.15) is 0 Å².